The zero-order valence-corrected chi connectivity index (χ0v) is 7.81. The third-order valence-corrected chi connectivity index (χ3v) is 1.92. The molecule has 0 radical (unpaired) electrons. The van der Waals surface area contributed by atoms with E-state index in [1.807, 2.05) is 18.2 Å². The molecule has 2 heteroatoms. The van der Waals surface area contributed by atoms with Gasteiger partial charge in [-0.15, -0.1) is 0 Å². The van der Waals surface area contributed by atoms with Gasteiger partial charge in [0.1, 0.15) is 5.82 Å². The fourth-order valence-corrected chi connectivity index (χ4v) is 1.09. The summed E-state index contributed by atoms with van der Waals surface area (Å²) < 4.78 is 13.0. The molecule has 0 spiro atoms. The maximum absolute atomic E-state index is 13.0. The molecule has 0 fully saturated rings. The van der Waals surface area contributed by atoms with Gasteiger partial charge in [-0.25, -0.2) is 4.39 Å². The van der Waals surface area contributed by atoms with E-state index < -0.39 is 0 Å². The highest BCUT2D eigenvalue weighted by molar-refractivity contribution is 7.80. The third-order valence-electron chi connectivity index (χ3n) is 1.71. The monoisotopic (exact) mass is 182 g/mol. The Kier molecular flexibility index (Phi) is 3.35. The lowest BCUT2D eigenvalue weighted by atomic mass is 10.1. The van der Waals surface area contributed by atoms with Crippen LogP contribution in [0.25, 0.3) is 6.08 Å². The van der Waals surface area contributed by atoms with Gasteiger partial charge in [0.15, 0.2) is 0 Å². The molecule has 0 bridgehead atoms. The molecule has 0 unspecified atom stereocenters. The molecule has 0 aromatic heterocycles. The molecule has 1 rings (SSSR count). The average molecular weight is 182 g/mol. The number of benzene rings is 1. The molecule has 1 aromatic rings. The Labute approximate surface area is 77.5 Å². The SMILES string of the molecule is Cc1c(F)cccc1C=CCS. The van der Waals surface area contributed by atoms with E-state index in [4.69, 9.17) is 0 Å². The van der Waals surface area contributed by atoms with E-state index in [1.54, 1.807) is 13.0 Å². The molecule has 0 heterocycles. The van der Waals surface area contributed by atoms with Crippen LogP contribution in [0.5, 0.6) is 0 Å². The number of hydrogen-bond donors (Lipinski definition) is 1. The van der Waals surface area contributed by atoms with Crippen molar-refractivity contribution in [3.05, 3.63) is 41.2 Å². The van der Waals surface area contributed by atoms with Crippen LogP contribution in [0, 0.1) is 12.7 Å². The minimum Gasteiger partial charge on any atom is -0.207 e. The van der Waals surface area contributed by atoms with E-state index in [1.165, 1.54) is 6.07 Å². The van der Waals surface area contributed by atoms with Crippen LogP contribution in [0.4, 0.5) is 4.39 Å². The summed E-state index contributed by atoms with van der Waals surface area (Å²) in [6, 6.07) is 5.06. The highest BCUT2D eigenvalue weighted by Gasteiger charge is 1.98. The summed E-state index contributed by atoms with van der Waals surface area (Å²) >= 11 is 4.03. The Bertz CT molecular complexity index is 292. The molecular weight excluding hydrogens is 171 g/mol. The quantitative estimate of drug-likeness (QED) is 0.668. The fourth-order valence-electron chi connectivity index (χ4n) is 0.984. The first kappa shape index (κ1) is 9.33. The van der Waals surface area contributed by atoms with E-state index in [0.717, 1.165) is 5.56 Å². The predicted octanol–water partition coefficient (Wildman–Crippen LogP) is 3.08. The molecule has 0 aliphatic rings. The maximum Gasteiger partial charge on any atom is 0.126 e. The topological polar surface area (TPSA) is 0 Å². The second-order valence-electron chi connectivity index (χ2n) is 2.54. The predicted molar refractivity (Wildman–Crippen MR) is 54.0 cm³/mol. The van der Waals surface area contributed by atoms with Crippen LogP contribution in [0.15, 0.2) is 24.3 Å². The molecule has 64 valence electrons. The second kappa shape index (κ2) is 4.31. The van der Waals surface area contributed by atoms with Crippen molar-refractivity contribution in [1.82, 2.24) is 0 Å². The van der Waals surface area contributed by atoms with Gasteiger partial charge in [0.25, 0.3) is 0 Å². The molecule has 12 heavy (non-hydrogen) atoms. The third kappa shape index (κ3) is 2.11. The highest BCUT2D eigenvalue weighted by atomic mass is 32.1. The van der Waals surface area contributed by atoms with Crippen LogP contribution in [-0.2, 0) is 0 Å². The number of rotatable bonds is 2. The highest BCUT2D eigenvalue weighted by Crippen LogP contribution is 2.13. The Balaban J connectivity index is 3.00. The van der Waals surface area contributed by atoms with Crippen molar-refractivity contribution in [3.8, 4) is 0 Å². The summed E-state index contributed by atoms with van der Waals surface area (Å²) in [5.41, 5.74) is 1.61. The van der Waals surface area contributed by atoms with E-state index >= 15 is 0 Å². The van der Waals surface area contributed by atoms with Gasteiger partial charge in [-0.05, 0) is 24.1 Å². The van der Waals surface area contributed by atoms with Crippen molar-refractivity contribution in [2.45, 2.75) is 6.92 Å². The minimum atomic E-state index is -0.156. The molecular formula is C10H11FS. The van der Waals surface area contributed by atoms with Crippen molar-refractivity contribution in [2.75, 3.05) is 5.75 Å². The lowest BCUT2D eigenvalue weighted by molar-refractivity contribution is 0.618. The first-order valence-electron chi connectivity index (χ1n) is 3.78. The summed E-state index contributed by atoms with van der Waals surface area (Å²) in [6.07, 6.45) is 3.77. The molecule has 0 saturated carbocycles. The molecule has 0 nitrogen and oxygen atoms in total. The molecule has 0 N–H and O–H groups in total. The number of thiol groups is 1. The van der Waals surface area contributed by atoms with Gasteiger partial charge in [0.2, 0.25) is 0 Å². The van der Waals surface area contributed by atoms with Gasteiger partial charge in [-0.2, -0.15) is 12.6 Å². The van der Waals surface area contributed by atoms with Crippen molar-refractivity contribution >= 4 is 18.7 Å². The first-order valence-corrected chi connectivity index (χ1v) is 4.41. The number of hydrogen-bond acceptors (Lipinski definition) is 1. The zero-order valence-electron chi connectivity index (χ0n) is 6.92. The van der Waals surface area contributed by atoms with E-state index in [2.05, 4.69) is 12.6 Å². The van der Waals surface area contributed by atoms with Crippen LogP contribution in [0.2, 0.25) is 0 Å². The molecule has 0 atom stereocenters. The average Bonchev–Trinajstić information content (AvgIpc) is 2.08. The lowest BCUT2D eigenvalue weighted by Gasteiger charge is -1.99. The van der Waals surface area contributed by atoms with Gasteiger partial charge in [0, 0.05) is 5.75 Å². The standard InChI is InChI=1S/C10H11FS/c1-8-9(5-3-7-12)4-2-6-10(8)11/h2-6,12H,7H2,1H3. The summed E-state index contributed by atoms with van der Waals surface area (Å²) in [4.78, 5) is 0. The minimum absolute atomic E-state index is 0.156. The molecule has 0 aliphatic heterocycles. The maximum atomic E-state index is 13.0. The van der Waals surface area contributed by atoms with E-state index in [9.17, 15) is 4.39 Å². The lowest BCUT2D eigenvalue weighted by Crippen LogP contribution is -1.85. The van der Waals surface area contributed by atoms with Crippen molar-refractivity contribution < 1.29 is 4.39 Å². The van der Waals surface area contributed by atoms with Crippen molar-refractivity contribution in [3.63, 3.8) is 0 Å². The van der Waals surface area contributed by atoms with Gasteiger partial charge < -0.3 is 0 Å². The smallest absolute Gasteiger partial charge is 0.126 e. The summed E-state index contributed by atoms with van der Waals surface area (Å²) in [7, 11) is 0. The molecule has 0 aliphatic carbocycles. The van der Waals surface area contributed by atoms with Gasteiger partial charge in [0.05, 0.1) is 0 Å². The van der Waals surface area contributed by atoms with Crippen LogP contribution >= 0.6 is 12.6 Å². The van der Waals surface area contributed by atoms with Crippen molar-refractivity contribution in [1.29, 1.82) is 0 Å². The van der Waals surface area contributed by atoms with E-state index in [0.29, 0.717) is 11.3 Å². The van der Waals surface area contributed by atoms with Crippen molar-refractivity contribution in [2.24, 2.45) is 0 Å². The van der Waals surface area contributed by atoms with E-state index in [-0.39, 0.29) is 5.82 Å². The summed E-state index contributed by atoms with van der Waals surface area (Å²) in [6.45, 7) is 1.77. The van der Waals surface area contributed by atoms with Gasteiger partial charge >= 0.3 is 0 Å². The molecule has 0 amide bonds. The Morgan fingerprint density at radius 2 is 2.25 bits per heavy atom. The largest absolute Gasteiger partial charge is 0.207 e. The summed E-state index contributed by atoms with van der Waals surface area (Å²) in [5.74, 6) is 0.520. The van der Waals surface area contributed by atoms with Crippen LogP contribution in [0.3, 0.4) is 0 Å². The Hall–Kier alpha value is -0.760. The molecule has 0 saturated heterocycles. The zero-order chi connectivity index (χ0) is 8.97. The van der Waals surface area contributed by atoms with Gasteiger partial charge in [-0.1, -0.05) is 24.3 Å². The summed E-state index contributed by atoms with van der Waals surface area (Å²) in [5, 5.41) is 0. The fraction of sp³-hybridized carbons (Fsp3) is 0.200. The Morgan fingerprint density at radius 3 is 2.92 bits per heavy atom. The first-order chi connectivity index (χ1) is 5.75. The van der Waals surface area contributed by atoms with Crippen LogP contribution < -0.4 is 0 Å². The molecule has 1 aromatic carbocycles. The van der Waals surface area contributed by atoms with Gasteiger partial charge in [-0.3, -0.25) is 0 Å². The second-order valence-corrected chi connectivity index (χ2v) is 2.90. The van der Waals surface area contributed by atoms with Crippen LogP contribution in [0.1, 0.15) is 11.1 Å². The Morgan fingerprint density at radius 1 is 1.50 bits per heavy atom. The normalized spacial score (nSPS) is 10.9. The number of halogens is 1. The van der Waals surface area contributed by atoms with Crippen LogP contribution in [-0.4, -0.2) is 5.75 Å².